The predicted molar refractivity (Wildman–Crippen MR) is 68.2 cm³/mol. The molecule has 0 saturated carbocycles. The molecule has 0 aromatic carbocycles. The Balaban J connectivity index is 3.12. The van der Waals surface area contributed by atoms with Crippen LogP contribution in [0.25, 0.3) is 0 Å². The number of rotatable bonds is 6. The topological polar surface area (TPSA) is 39.2 Å². The van der Waals surface area contributed by atoms with Crippen molar-refractivity contribution in [1.29, 1.82) is 0 Å². The van der Waals surface area contributed by atoms with Gasteiger partial charge in [-0.05, 0) is 38.3 Å². The molecule has 17 heavy (non-hydrogen) atoms. The highest BCUT2D eigenvalue weighted by Crippen LogP contribution is 2.26. The Kier molecular flexibility index (Phi) is 4.82. The lowest BCUT2D eigenvalue weighted by Gasteiger charge is -2.30. The minimum Gasteiger partial charge on any atom is -0.367 e. The highest BCUT2D eigenvalue weighted by atomic mass is 16.5. The minimum atomic E-state index is -0.692. The molecule has 0 aliphatic rings. The Morgan fingerprint density at radius 1 is 1.35 bits per heavy atom. The van der Waals surface area contributed by atoms with Crippen molar-refractivity contribution >= 4 is 5.78 Å². The summed E-state index contributed by atoms with van der Waals surface area (Å²) in [4.78, 5) is 16.6. The normalized spacial score (nSPS) is 11.5. The molecule has 0 amide bonds. The number of Topliss-reactive ketones (excluding diaryl/α,β-unsaturated/α-hetero) is 1. The van der Waals surface area contributed by atoms with Crippen molar-refractivity contribution in [2.24, 2.45) is 0 Å². The van der Waals surface area contributed by atoms with E-state index in [0.29, 0.717) is 25.0 Å². The van der Waals surface area contributed by atoms with Crippen molar-refractivity contribution in [1.82, 2.24) is 4.98 Å². The molecule has 0 fully saturated rings. The molecule has 0 aliphatic carbocycles. The average Bonchev–Trinajstić information content (AvgIpc) is 2.36. The van der Waals surface area contributed by atoms with Crippen LogP contribution in [0.15, 0.2) is 18.5 Å². The first-order valence-electron chi connectivity index (χ1n) is 6.20. The lowest BCUT2D eigenvalue weighted by Crippen LogP contribution is -2.41. The van der Waals surface area contributed by atoms with Gasteiger partial charge in [0.2, 0.25) is 0 Å². The molecule has 0 N–H and O–H groups in total. The molecular weight excluding hydrogens is 214 g/mol. The maximum atomic E-state index is 12.6. The first-order valence-corrected chi connectivity index (χ1v) is 6.20. The first kappa shape index (κ1) is 13.8. The molecule has 0 unspecified atom stereocenters. The number of aromatic nitrogens is 1. The summed E-state index contributed by atoms with van der Waals surface area (Å²) in [7, 11) is 0. The van der Waals surface area contributed by atoms with E-state index in [1.807, 2.05) is 33.8 Å². The largest absolute Gasteiger partial charge is 0.367 e. The number of ether oxygens (including phenoxy) is 1. The number of carbonyl (C=O) groups is 1. The first-order chi connectivity index (χ1) is 8.11. The quantitative estimate of drug-likeness (QED) is 0.711. The van der Waals surface area contributed by atoms with E-state index in [9.17, 15) is 4.79 Å². The van der Waals surface area contributed by atoms with Gasteiger partial charge in [-0.3, -0.25) is 9.78 Å². The summed E-state index contributed by atoms with van der Waals surface area (Å²) >= 11 is 0. The zero-order valence-electron chi connectivity index (χ0n) is 11.1. The van der Waals surface area contributed by atoms with E-state index in [-0.39, 0.29) is 5.78 Å². The van der Waals surface area contributed by atoms with E-state index < -0.39 is 5.60 Å². The van der Waals surface area contributed by atoms with Crippen LogP contribution in [0.1, 0.15) is 49.5 Å². The van der Waals surface area contributed by atoms with Crippen molar-refractivity contribution < 1.29 is 9.53 Å². The summed E-state index contributed by atoms with van der Waals surface area (Å²) < 4.78 is 5.72. The Hall–Kier alpha value is -1.22. The van der Waals surface area contributed by atoms with Crippen LogP contribution < -0.4 is 0 Å². The number of pyridine rings is 1. The van der Waals surface area contributed by atoms with Gasteiger partial charge >= 0.3 is 0 Å². The molecule has 1 rings (SSSR count). The standard InChI is InChI=1S/C14H21NO2/c1-5-14(6-2,17-7-3)13(16)12-10-15-9-8-11(12)4/h8-10H,5-7H2,1-4H3. The number of hydrogen-bond acceptors (Lipinski definition) is 3. The van der Waals surface area contributed by atoms with Crippen molar-refractivity contribution in [2.45, 2.75) is 46.1 Å². The molecule has 3 nitrogen and oxygen atoms in total. The zero-order chi connectivity index (χ0) is 12.9. The van der Waals surface area contributed by atoms with Crippen LogP contribution in [0.4, 0.5) is 0 Å². The highest BCUT2D eigenvalue weighted by molar-refractivity contribution is 6.03. The number of carbonyl (C=O) groups excluding carboxylic acids is 1. The van der Waals surface area contributed by atoms with E-state index in [1.54, 1.807) is 12.4 Å². The Labute approximate surface area is 103 Å². The molecule has 1 aromatic heterocycles. The molecular formula is C14H21NO2. The van der Waals surface area contributed by atoms with Crippen molar-refractivity contribution in [3.63, 3.8) is 0 Å². The number of ketones is 1. The van der Waals surface area contributed by atoms with Gasteiger partial charge in [0.25, 0.3) is 0 Å². The second-order valence-corrected chi connectivity index (χ2v) is 4.15. The maximum absolute atomic E-state index is 12.6. The van der Waals surface area contributed by atoms with Crippen molar-refractivity contribution in [2.75, 3.05) is 6.61 Å². The molecule has 0 bridgehead atoms. The highest BCUT2D eigenvalue weighted by Gasteiger charge is 2.36. The third-order valence-electron chi connectivity index (χ3n) is 3.26. The summed E-state index contributed by atoms with van der Waals surface area (Å²) in [6.45, 7) is 8.37. The smallest absolute Gasteiger partial charge is 0.196 e. The monoisotopic (exact) mass is 235 g/mol. The predicted octanol–water partition coefficient (Wildman–Crippen LogP) is 3.17. The van der Waals surface area contributed by atoms with Gasteiger partial charge in [0.15, 0.2) is 5.78 Å². The van der Waals surface area contributed by atoms with E-state index in [2.05, 4.69) is 4.98 Å². The molecule has 0 aliphatic heterocycles. The number of nitrogens with zero attached hydrogens (tertiary/aromatic N) is 1. The SMILES string of the molecule is CCOC(CC)(CC)C(=O)c1cnccc1C. The summed E-state index contributed by atoms with van der Waals surface area (Å²) in [6.07, 6.45) is 4.71. The van der Waals surface area contributed by atoms with Gasteiger partial charge in [0.05, 0.1) is 0 Å². The minimum absolute atomic E-state index is 0.0509. The van der Waals surface area contributed by atoms with Gasteiger partial charge in [-0.1, -0.05) is 13.8 Å². The van der Waals surface area contributed by atoms with E-state index in [4.69, 9.17) is 4.74 Å². The van der Waals surface area contributed by atoms with Gasteiger partial charge in [0.1, 0.15) is 5.60 Å². The fourth-order valence-corrected chi connectivity index (χ4v) is 2.06. The summed E-state index contributed by atoms with van der Waals surface area (Å²) in [5.41, 5.74) is 0.934. The molecule has 0 radical (unpaired) electrons. The zero-order valence-corrected chi connectivity index (χ0v) is 11.1. The lowest BCUT2D eigenvalue weighted by molar-refractivity contribution is -0.0251. The number of aryl methyl sites for hydroxylation is 1. The Morgan fingerprint density at radius 3 is 2.47 bits per heavy atom. The van der Waals surface area contributed by atoms with Crippen LogP contribution >= 0.6 is 0 Å². The van der Waals surface area contributed by atoms with Crippen molar-refractivity contribution in [3.05, 3.63) is 29.6 Å². The molecule has 0 spiro atoms. The third kappa shape index (κ3) is 2.72. The van der Waals surface area contributed by atoms with Gasteiger partial charge in [0, 0.05) is 24.6 Å². The Bertz CT molecular complexity index is 384. The average molecular weight is 235 g/mol. The maximum Gasteiger partial charge on any atom is 0.196 e. The third-order valence-corrected chi connectivity index (χ3v) is 3.26. The fourth-order valence-electron chi connectivity index (χ4n) is 2.06. The molecule has 94 valence electrons. The van der Waals surface area contributed by atoms with Crippen LogP contribution in [0.5, 0.6) is 0 Å². The molecule has 3 heteroatoms. The van der Waals surface area contributed by atoms with Gasteiger partial charge < -0.3 is 4.74 Å². The van der Waals surface area contributed by atoms with E-state index >= 15 is 0 Å². The van der Waals surface area contributed by atoms with Gasteiger partial charge in [-0.15, -0.1) is 0 Å². The molecule has 1 heterocycles. The molecule has 0 saturated heterocycles. The Morgan fingerprint density at radius 2 is 2.00 bits per heavy atom. The summed E-state index contributed by atoms with van der Waals surface area (Å²) in [5.74, 6) is 0.0509. The lowest BCUT2D eigenvalue weighted by atomic mass is 9.87. The van der Waals surface area contributed by atoms with Crippen LogP contribution in [-0.2, 0) is 4.74 Å². The van der Waals surface area contributed by atoms with Gasteiger partial charge in [-0.25, -0.2) is 0 Å². The second kappa shape index (κ2) is 5.92. The number of hydrogen-bond donors (Lipinski definition) is 0. The molecule has 1 aromatic rings. The fraction of sp³-hybridized carbons (Fsp3) is 0.571. The van der Waals surface area contributed by atoms with Crippen LogP contribution in [0, 0.1) is 6.92 Å². The summed E-state index contributed by atoms with van der Waals surface area (Å²) in [5, 5.41) is 0. The second-order valence-electron chi connectivity index (χ2n) is 4.15. The summed E-state index contributed by atoms with van der Waals surface area (Å²) in [6, 6.07) is 1.86. The van der Waals surface area contributed by atoms with Crippen LogP contribution in [-0.4, -0.2) is 23.0 Å². The van der Waals surface area contributed by atoms with E-state index in [0.717, 1.165) is 5.56 Å². The van der Waals surface area contributed by atoms with E-state index in [1.165, 1.54) is 0 Å². The molecule has 0 atom stereocenters. The van der Waals surface area contributed by atoms with Crippen molar-refractivity contribution in [3.8, 4) is 0 Å². The van der Waals surface area contributed by atoms with Crippen LogP contribution in [0.3, 0.4) is 0 Å². The van der Waals surface area contributed by atoms with Crippen LogP contribution in [0.2, 0.25) is 0 Å². The van der Waals surface area contributed by atoms with Gasteiger partial charge in [-0.2, -0.15) is 0 Å².